The smallest absolute Gasteiger partial charge is 0.308 e. The second-order valence-electron chi connectivity index (χ2n) is 9.72. The lowest BCUT2D eigenvalue weighted by Crippen LogP contribution is -2.45. The second-order valence-corrected chi connectivity index (χ2v) is 9.72. The number of unbranched alkanes of at least 4 members (excludes halogenated alkanes) is 2. The molecule has 3 unspecified atom stereocenters. The van der Waals surface area contributed by atoms with Crippen LogP contribution < -0.4 is 9.47 Å². The predicted octanol–water partition coefficient (Wildman–Crippen LogP) is 3.94. The molecule has 3 heterocycles. The lowest BCUT2D eigenvalue weighted by Gasteiger charge is -2.30. The number of amides is 1. The van der Waals surface area contributed by atoms with Gasteiger partial charge in [-0.05, 0) is 37.0 Å². The van der Waals surface area contributed by atoms with E-state index >= 15 is 0 Å². The van der Waals surface area contributed by atoms with Crippen LogP contribution in [-0.4, -0.2) is 72.1 Å². The molecule has 1 N–H and O–H groups in total. The molecule has 9 nitrogen and oxygen atoms in total. The molecule has 0 saturated carbocycles. The third-order valence-corrected chi connectivity index (χ3v) is 7.33. The van der Waals surface area contributed by atoms with E-state index in [0.29, 0.717) is 30.9 Å². The molecule has 1 amide bonds. The van der Waals surface area contributed by atoms with Crippen LogP contribution in [0.2, 0.25) is 0 Å². The summed E-state index contributed by atoms with van der Waals surface area (Å²) in [6.45, 7) is 6.55. The molecule has 1 fully saturated rings. The quantitative estimate of drug-likeness (QED) is 0.433. The van der Waals surface area contributed by atoms with Crippen LogP contribution in [0.5, 0.6) is 11.5 Å². The summed E-state index contributed by atoms with van der Waals surface area (Å²) in [6.07, 6.45) is 7.62. The van der Waals surface area contributed by atoms with Gasteiger partial charge in [-0.25, -0.2) is 0 Å². The summed E-state index contributed by atoms with van der Waals surface area (Å²) >= 11 is 0. The molecule has 1 aromatic carbocycles. The van der Waals surface area contributed by atoms with E-state index in [1.165, 1.54) is 12.5 Å². The zero-order valence-electron chi connectivity index (χ0n) is 21.3. The van der Waals surface area contributed by atoms with Crippen LogP contribution in [0, 0.1) is 5.92 Å². The van der Waals surface area contributed by atoms with E-state index in [1.54, 1.807) is 0 Å². The number of hydrogen-bond donors (Lipinski definition) is 1. The molecule has 3 atom stereocenters. The van der Waals surface area contributed by atoms with Crippen molar-refractivity contribution in [3.63, 3.8) is 0 Å². The second kappa shape index (κ2) is 12.3. The van der Waals surface area contributed by atoms with Gasteiger partial charge >= 0.3 is 5.97 Å². The van der Waals surface area contributed by atoms with Gasteiger partial charge in [0.2, 0.25) is 19.0 Å². The molecule has 9 heteroatoms. The fourth-order valence-corrected chi connectivity index (χ4v) is 5.38. The average molecular weight is 503 g/mol. The molecular weight excluding hydrogens is 464 g/mol. The minimum atomic E-state index is -0.863. The maximum absolute atomic E-state index is 13.4. The number of benzene rings is 1. The van der Waals surface area contributed by atoms with Crippen molar-refractivity contribution in [2.45, 2.75) is 70.6 Å². The van der Waals surface area contributed by atoms with Crippen molar-refractivity contribution in [1.29, 1.82) is 0 Å². The standard InChI is InChI=1S/C27H38N2O7/c1-3-5-11-28(12-6-4-2)24(30)17-29-16-20(19-7-9-22-23(15-19)36-18-35-22)26(27(31)32)21(29)8-10-25-33-13-14-34-25/h7,9,13-15,20-21,25-26H,3-6,8,10-12,16-18H2,1-2H3,(H,31,32). The molecule has 3 aliphatic heterocycles. The molecule has 0 aliphatic carbocycles. The molecule has 4 rings (SSSR count). The number of carbonyl (C=O) groups excluding carboxylic acids is 1. The normalized spacial score (nSPS) is 23.0. The summed E-state index contributed by atoms with van der Waals surface area (Å²) in [5.41, 5.74) is 0.885. The van der Waals surface area contributed by atoms with Crippen molar-refractivity contribution in [2.75, 3.05) is 33.0 Å². The Morgan fingerprint density at radius 1 is 1.03 bits per heavy atom. The van der Waals surface area contributed by atoms with Gasteiger partial charge < -0.3 is 29.0 Å². The number of aliphatic carboxylic acids is 1. The molecule has 0 bridgehead atoms. The van der Waals surface area contributed by atoms with Crippen LogP contribution in [0.1, 0.15) is 63.9 Å². The molecule has 0 spiro atoms. The zero-order valence-corrected chi connectivity index (χ0v) is 21.3. The van der Waals surface area contributed by atoms with E-state index < -0.39 is 18.2 Å². The highest BCUT2D eigenvalue weighted by molar-refractivity contribution is 5.79. The minimum Gasteiger partial charge on any atom is -0.481 e. The van der Waals surface area contributed by atoms with Crippen LogP contribution >= 0.6 is 0 Å². The molecule has 198 valence electrons. The SMILES string of the molecule is CCCCN(CCCC)C(=O)CN1CC(c2ccc3c(c2)OCO3)C(C(=O)O)C1CCC1OC=CO1. The van der Waals surface area contributed by atoms with Crippen LogP contribution in [0.25, 0.3) is 0 Å². The van der Waals surface area contributed by atoms with Gasteiger partial charge in [0.25, 0.3) is 0 Å². The van der Waals surface area contributed by atoms with Crippen molar-refractivity contribution in [1.82, 2.24) is 9.80 Å². The topological polar surface area (TPSA) is 97.8 Å². The summed E-state index contributed by atoms with van der Waals surface area (Å²) in [7, 11) is 0. The number of hydrogen-bond acceptors (Lipinski definition) is 7. The highest BCUT2D eigenvalue weighted by Crippen LogP contribution is 2.43. The molecule has 3 aliphatic rings. The first-order valence-electron chi connectivity index (χ1n) is 13.1. The Balaban J connectivity index is 1.55. The Hall–Kier alpha value is -2.94. The number of nitrogens with zero attached hydrogens (tertiary/aromatic N) is 2. The van der Waals surface area contributed by atoms with E-state index in [-0.39, 0.29) is 31.2 Å². The van der Waals surface area contributed by atoms with Gasteiger partial charge in [0.1, 0.15) is 12.5 Å². The zero-order chi connectivity index (χ0) is 25.5. The molecule has 0 radical (unpaired) electrons. The summed E-state index contributed by atoms with van der Waals surface area (Å²) in [5.74, 6) is -0.458. The average Bonchev–Trinajstić information content (AvgIpc) is 3.62. The van der Waals surface area contributed by atoms with Gasteiger partial charge in [0.05, 0.1) is 12.5 Å². The third kappa shape index (κ3) is 6.06. The van der Waals surface area contributed by atoms with Gasteiger partial charge in [-0.1, -0.05) is 32.8 Å². The molecule has 1 saturated heterocycles. The lowest BCUT2D eigenvalue weighted by atomic mass is 9.83. The Labute approximate surface area is 212 Å². The lowest BCUT2D eigenvalue weighted by molar-refractivity contribution is -0.144. The molecule has 0 aromatic heterocycles. The Bertz CT molecular complexity index is 921. The minimum absolute atomic E-state index is 0.0624. The van der Waals surface area contributed by atoms with E-state index in [9.17, 15) is 14.7 Å². The van der Waals surface area contributed by atoms with E-state index in [2.05, 4.69) is 18.7 Å². The maximum atomic E-state index is 13.4. The molecule has 1 aromatic rings. The maximum Gasteiger partial charge on any atom is 0.308 e. The Morgan fingerprint density at radius 3 is 2.39 bits per heavy atom. The van der Waals surface area contributed by atoms with Crippen LogP contribution in [0.4, 0.5) is 0 Å². The summed E-state index contributed by atoms with van der Waals surface area (Å²) < 4.78 is 21.9. The van der Waals surface area contributed by atoms with Gasteiger partial charge in [-0.2, -0.15) is 0 Å². The highest BCUT2D eigenvalue weighted by atomic mass is 16.7. The number of likely N-dealkylation sites (tertiary alicyclic amines) is 1. The van der Waals surface area contributed by atoms with Crippen molar-refractivity contribution in [3.8, 4) is 11.5 Å². The monoisotopic (exact) mass is 502 g/mol. The number of carbonyl (C=O) groups is 2. The largest absolute Gasteiger partial charge is 0.481 e. The first-order chi connectivity index (χ1) is 17.5. The van der Waals surface area contributed by atoms with Gasteiger partial charge in [-0.15, -0.1) is 0 Å². The first kappa shape index (κ1) is 26.1. The molecular formula is C27H38N2O7. The number of ether oxygens (including phenoxy) is 4. The number of carboxylic acids is 1. The van der Waals surface area contributed by atoms with Crippen molar-refractivity contribution in [3.05, 3.63) is 36.3 Å². The predicted molar refractivity (Wildman–Crippen MR) is 133 cm³/mol. The van der Waals surface area contributed by atoms with Crippen molar-refractivity contribution < 1.29 is 33.6 Å². The number of rotatable bonds is 13. The van der Waals surface area contributed by atoms with Gasteiger partial charge in [0, 0.05) is 38.0 Å². The van der Waals surface area contributed by atoms with E-state index in [4.69, 9.17) is 18.9 Å². The molecule has 36 heavy (non-hydrogen) atoms. The number of fused-ring (bicyclic) bond motifs is 1. The van der Waals surface area contributed by atoms with Crippen molar-refractivity contribution in [2.24, 2.45) is 5.92 Å². The summed E-state index contributed by atoms with van der Waals surface area (Å²) in [4.78, 5) is 30.1. The van der Waals surface area contributed by atoms with Crippen LogP contribution in [0.15, 0.2) is 30.7 Å². The third-order valence-electron chi connectivity index (χ3n) is 7.33. The fraction of sp³-hybridized carbons (Fsp3) is 0.630. The van der Waals surface area contributed by atoms with Crippen LogP contribution in [0.3, 0.4) is 0 Å². The fourth-order valence-electron chi connectivity index (χ4n) is 5.38. The van der Waals surface area contributed by atoms with Crippen LogP contribution in [-0.2, 0) is 19.1 Å². The summed E-state index contributed by atoms with van der Waals surface area (Å²) in [6, 6.07) is 5.31. The van der Waals surface area contributed by atoms with Crippen molar-refractivity contribution >= 4 is 11.9 Å². The van der Waals surface area contributed by atoms with Gasteiger partial charge in [0.15, 0.2) is 11.5 Å². The Kier molecular flexibility index (Phi) is 8.96. The summed E-state index contributed by atoms with van der Waals surface area (Å²) in [5, 5.41) is 10.3. The Morgan fingerprint density at radius 2 is 1.72 bits per heavy atom. The highest BCUT2D eigenvalue weighted by Gasteiger charge is 2.47. The van der Waals surface area contributed by atoms with Gasteiger partial charge in [-0.3, -0.25) is 14.5 Å². The number of carboxylic acid groups (broad SMARTS) is 1. The van der Waals surface area contributed by atoms with E-state index in [1.807, 2.05) is 23.1 Å². The first-order valence-corrected chi connectivity index (χ1v) is 13.1. The van der Waals surface area contributed by atoms with E-state index in [0.717, 1.165) is 44.3 Å².